The lowest BCUT2D eigenvalue weighted by atomic mass is 10.1. The first-order valence-electron chi connectivity index (χ1n) is 18.0. The third-order valence-electron chi connectivity index (χ3n) is 7.80. The molecule has 0 aromatic carbocycles. The Hall–Kier alpha value is -1.21. The number of phosphoric acid groups is 1. The molecule has 0 aliphatic rings. The summed E-state index contributed by atoms with van der Waals surface area (Å²) in [4.78, 5) is 42.5. The minimum Gasteiger partial charge on any atom is -0.462 e. The normalized spacial score (nSPS) is 12.5. The minimum atomic E-state index is -4.75. The molecule has 0 amide bonds. The lowest BCUT2D eigenvalue weighted by Gasteiger charge is -2.18. The summed E-state index contributed by atoms with van der Waals surface area (Å²) in [5, 5.41) is 0. The first kappa shape index (κ1) is 42.8. The van der Waals surface area contributed by atoms with Crippen LogP contribution in [-0.2, 0) is 28.2 Å². The summed E-state index contributed by atoms with van der Waals surface area (Å²) >= 11 is 0. The second kappa shape index (κ2) is 31.8. The van der Waals surface area contributed by atoms with E-state index in [0.29, 0.717) is 6.42 Å². The third kappa shape index (κ3) is 33.7. The summed E-state index contributed by atoms with van der Waals surface area (Å²) in [5.41, 5.74) is 0. The van der Waals surface area contributed by atoms with Gasteiger partial charge in [0.2, 0.25) is 0 Å². The second-order valence-corrected chi connectivity index (χ2v) is 13.4. The van der Waals surface area contributed by atoms with Crippen LogP contribution in [0.3, 0.4) is 0 Å². The van der Waals surface area contributed by atoms with Crippen molar-refractivity contribution in [3.8, 4) is 0 Å². The number of hydrogen-bond acceptors (Lipinski definition) is 6. The molecule has 0 aliphatic carbocycles. The van der Waals surface area contributed by atoms with E-state index in [0.717, 1.165) is 32.1 Å². The van der Waals surface area contributed by atoms with E-state index in [2.05, 4.69) is 24.4 Å². The molecule has 2 N–H and O–H groups in total. The van der Waals surface area contributed by atoms with Gasteiger partial charge < -0.3 is 19.3 Å². The Morgan fingerprint density at radius 2 is 1.00 bits per heavy atom. The molecule has 0 rings (SSSR count). The predicted molar refractivity (Wildman–Crippen MR) is 179 cm³/mol. The molecule has 0 heterocycles. The molecule has 0 aliphatic heterocycles. The quantitative estimate of drug-likeness (QED) is 0.0313. The maximum atomic E-state index is 12.3. The number of unbranched alkanes of at least 4 members (excludes halogenated alkanes) is 21. The molecular weight excluding hydrogens is 579 g/mol. The largest absolute Gasteiger partial charge is 0.469 e. The zero-order chi connectivity index (χ0) is 32.6. The Balaban J connectivity index is 4.01. The van der Waals surface area contributed by atoms with Gasteiger partial charge in [-0.25, -0.2) is 4.57 Å². The highest BCUT2D eigenvalue weighted by Gasteiger charge is 2.22. The van der Waals surface area contributed by atoms with Gasteiger partial charge in [-0.05, 0) is 25.7 Å². The Kier molecular flexibility index (Phi) is 30.9. The van der Waals surface area contributed by atoms with E-state index in [1.807, 2.05) is 6.08 Å². The van der Waals surface area contributed by atoms with Crippen molar-refractivity contribution in [3.05, 3.63) is 12.2 Å². The van der Waals surface area contributed by atoms with Gasteiger partial charge >= 0.3 is 19.8 Å². The Labute approximate surface area is 269 Å². The van der Waals surface area contributed by atoms with Crippen LogP contribution in [-0.4, -0.2) is 41.0 Å². The zero-order valence-electron chi connectivity index (χ0n) is 28.3. The standard InChI is InChI=1S/C35H67O8P/c1-3-5-7-9-11-13-15-16-17-18-20-22-24-26-28-30-35(37)43-33(32-42-44(38,39)40)31-41-34(36)29-27-25-23-21-19-14-12-10-8-6-4-2/h24,26,33H,3-23,25,27-32H2,1-2H3,(H2,38,39,40)/b26-24+/t33-/m1/s1. The van der Waals surface area contributed by atoms with Crippen molar-refractivity contribution in [3.63, 3.8) is 0 Å². The number of phosphoric ester groups is 1. The highest BCUT2D eigenvalue weighted by Crippen LogP contribution is 2.35. The topological polar surface area (TPSA) is 119 Å². The van der Waals surface area contributed by atoms with Crippen molar-refractivity contribution < 1.29 is 37.9 Å². The van der Waals surface area contributed by atoms with Crippen LogP contribution in [0.15, 0.2) is 12.2 Å². The zero-order valence-corrected chi connectivity index (χ0v) is 29.2. The van der Waals surface area contributed by atoms with Crippen LogP contribution in [0.4, 0.5) is 0 Å². The van der Waals surface area contributed by atoms with Gasteiger partial charge in [0.1, 0.15) is 6.61 Å². The second-order valence-electron chi connectivity index (χ2n) is 12.2. The number of hydrogen-bond donors (Lipinski definition) is 2. The van der Waals surface area contributed by atoms with Gasteiger partial charge in [-0.1, -0.05) is 154 Å². The lowest BCUT2D eigenvalue weighted by Crippen LogP contribution is -2.29. The SMILES string of the molecule is CCCCCCCCCCCCC/C=C/CCC(=O)O[C@H](COC(=O)CCCCCCCCCCCCC)COP(=O)(O)O. The maximum Gasteiger partial charge on any atom is 0.469 e. The van der Waals surface area contributed by atoms with Crippen LogP contribution in [0.2, 0.25) is 0 Å². The van der Waals surface area contributed by atoms with Gasteiger partial charge in [-0.15, -0.1) is 0 Å². The molecule has 0 fully saturated rings. The lowest BCUT2D eigenvalue weighted by molar-refractivity contribution is -0.161. The average Bonchev–Trinajstić information content (AvgIpc) is 2.98. The smallest absolute Gasteiger partial charge is 0.462 e. The van der Waals surface area contributed by atoms with Crippen molar-refractivity contribution in [2.24, 2.45) is 0 Å². The van der Waals surface area contributed by atoms with Crippen molar-refractivity contribution in [1.82, 2.24) is 0 Å². The summed E-state index contributed by atoms with van der Waals surface area (Å²) < 4.78 is 26.2. The molecule has 0 saturated carbocycles. The number of carbonyl (C=O) groups is 2. The Morgan fingerprint density at radius 3 is 1.48 bits per heavy atom. The third-order valence-corrected chi connectivity index (χ3v) is 8.28. The molecule has 9 heteroatoms. The molecule has 0 unspecified atom stereocenters. The summed E-state index contributed by atoms with van der Waals surface area (Å²) in [5.74, 6) is -0.937. The summed E-state index contributed by atoms with van der Waals surface area (Å²) in [6.45, 7) is 3.64. The van der Waals surface area contributed by atoms with Crippen LogP contribution < -0.4 is 0 Å². The molecule has 1 atom stereocenters. The fourth-order valence-corrected chi connectivity index (χ4v) is 5.46. The maximum absolute atomic E-state index is 12.3. The van der Waals surface area contributed by atoms with E-state index < -0.39 is 32.5 Å². The minimum absolute atomic E-state index is 0.133. The molecule has 260 valence electrons. The molecule has 44 heavy (non-hydrogen) atoms. The monoisotopic (exact) mass is 646 g/mol. The van der Waals surface area contributed by atoms with E-state index in [9.17, 15) is 14.2 Å². The van der Waals surface area contributed by atoms with Crippen molar-refractivity contribution in [2.45, 2.75) is 187 Å². The van der Waals surface area contributed by atoms with Crippen LogP contribution in [0.1, 0.15) is 181 Å². The molecule has 0 radical (unpaired) electrons. The molecule has 0 bridgehead atoms. The fraction of sp³-hybridized carbons (Fsp3) is 0.886. The van der Waals surface area contributed by atoms with E-state index >= 15 is 0 Å². The highest BCUT2D eigenvalue weighted by molar-refractivity contribution is 7.46. The van der Waals surface area contributed by atoms with Gasteiger partial charge in [0.15, 0.2) is 6.10 Å². The van der Waals surface area contributed by atoms with Crippen LogP contribution in [0.5, 0.6) is 0 Å². The molecule has 0 saturated heterocycles. The average molecular weight is 647 g/mol. The Morgan fingerprint density at radius 1 is 0.568 bits per heavy atom. The fourth-order valence-electron chi connectivity index (χ4n) is 5.10. The number of esters is 2. The van der Waals surface area contributed by atoms with E-state index in [-0.39, 0.29) is 19.4 Å². The number of carbonyl (C=O) groups excluding carboxylic acids is 2. The molecule has 0 aromatic heterocycles. The van der Waals surface area contributed by atoms with E-state index in [4.69, 9.17) is 19.3 Å². The van der Waals surface area contributed by atoms with Crippen molar-refractivity contribution in [2.75, 3.05) is 13.2 Å². The van der Waals surface area contributed by atoms with E-state index in [1.165, 1.54) is 116 Å². The van der Waals surface area contributed by atoms with Gasteiger partial charge in [0.05, 0.1) is 6.61 Å². The summed E-state index contributed by atoms with van der Waals surface area (Å²) in [6.07, 6.45) is 32.3. The van der Waals surface area contributed by atoms with Crippen LogP contribution >= 0.6 is 7.82 Å². The predicted octanol–water partition coefficient (Wildman–Crippen LogP) is 10.3. The van der Waals surface area contributed by atoms with Crippen molar-refractivity contribution >= 4 is 19.8 Å². The van der Waals surface area contributed by atoms with Gasteiger partial charge in [-0.3, -0.25) is 14.1 Å². The number of ether oxygens (including phenoxy) is 2. The van der Waals surface area contributed by atoms with Gasteiger partial charge in [0, 0.05) is 12.8 Å². The molecule has 8 nitrogen and oxygen atoms in total. The Bertz CT molecular complexity index is 736. The molecule has 0 spiro atoms. The highest BCUT2D eigenvalue weighted by atomic mass is 31.2. The van der Waals surface area contributed by atoms with Gasteiger partial charge in [-0.2, -0.15) is 0 Å². The van der Waals surface area contributed by atoms with E-state index in [1.54, 1.807) is 0 Å². The van der Waals surface area contributed by atoms with Crippen LogP contribution in [0, 0.1) is 0 Å². The number of allylic oxidation sites excluding steroid dienone is 2. The summed E-state index contributed by atoms with van der Waals surface area (Å²) in [7, 11) is -4.75. The van der Waals surface area contributed by atoms with Crippen LogP contribution in [0.25, 0.3) is 0 Å². The summed E-state index contributed by atoms with van der Waals surface area (Å²) in [6, 6.07) is 0. The van der Waals surface area contributed by atoms with Crippen molar-refractivity contribution in [1.29, 1.82) is 0 Å². The number of rotatable bonds is 33. The molecular formula is C35H67O8P. The van der Waals surface area contributed by atoms with Gasteiger partial charge in [0.25, 0.3) is 0 Å². The first-order valence-corrected chi connectivity index (χ1v) is 19.5. The molecule has 0 aromatic rings. The first-order chi connectivity index (χ1) is 21.3.